The first-order chi connectivity index (χ1) is 19.0. The number of rotatable bonds is 11. The van der Waals surface area contributed by atoms with Gasteiger partial charge in [-0.3, -0.25) is 14.8 Å². The van der Waals surface area contributed by atoms with E-state index in [9.17, 15) is 4.79 Å². The zero-order valence-corrected chi connectivity index (χ0v) is 22.9. The highest BCUT2D eigenvalue weighted by molar-refractivity contribution is 6.30. The summed E-state index contributed by atoms with van der Waals surface area (Å²) in [6.07, 6.45) is 3.44. The molecule has 1 aliphatic heterocycles. The zero-order valence-electron chi connectivity index (χ0n) is 22.2. The highest BCUT2D eigenvalue weighted by atomic mass is 35.5. The van der Waals surface area contributed by atoms with E-state index in [0.717, 1.165) is 53.8 Å². The molecular formula is C32H33ClN4O2. The monoisotopic (exact) mass is 540 g/mol. The van der Waals surface area contributed by atoms with Crippen LogP contribution in [0.5, 0.6) is 5.75 Å². The van der Waals surface area contributed by atoms with Crippen LogP contribution in [0.25, 0.3) is 11.1 Å². The fourth-order valence-corrected chi connectivity index (χ4v) is 4.84. The van der Waals surface area contributed by atoms with Gasteiger partial charge in [-0.05, 0) is 60.0 Å². The molecule has 0 atom stereocenters. The lowest BCUT2D eigenvalue weighted by atomic mass is 10.1. The van der Waals surface area contributed by atoms with E-state index in [2.05, 4.69) is 53.2 Å². The van der Waals surface area contributed by atoms with E-state index >= 15 is 0 Å². The summed E-state index contributed by atoms with van der Waals surface area (Å²) in [6, 6.07) is 28.4. The predicted octanol–water partition coefficient (Wildman–Crippen LogP) is 6.53. The maximum absolute atomic E-state index is 13.0. The highest BCUT2D eigenvalue weighted by Gasteiger charge is 2.29. The summed E-state index contributed by atoms with van der Waals surface area (Å²) in [5, 5.41) is 0.731. The van der Waals surface area contributed by atoms with E-state index in [1.165, 1.54) is 11.1 Å². The van der Waals surface area contributed by atoms with E-state index in [-0.39, 0.29) is 6.03 Å². The number of hydrogen-bond donors (Lipinski definition) is 0. The van der Waals surface area contributed by atoms with Gasteiger partial charge in [0.2, 0.25) is 0 Å². The molecule has 5 rings (SSSR count). The molecule has 0 unspecified atom stereocenters. The Morgan fingerprint density at radius 2 is 1.51 bits per heavy atom. The molecule has 0 N–H and O–H groups in total. The van der Waals surface area contributed by atoms with E-state index in [0.29, 0.717) is 19.7 Å². The summed E-state index contributed by atoms with van der Waals surface area (Å²) in [4.78, 5) is 23.2. The number of carbonyl (C=O) groups is 1. The number of benzene rings is 3. The third kappa shape index (κ3) is 7.16. The van der Waals surface area contributed by atoms with E-state index in [4.69, 9.17) is 16.3 Å². The molecule has 2 heterocycles. The molecular weight excluding hydrogens is 508 g/mol. The number of amides is 2. The number of aryl methyl sites for hydroxylation is 1. The van der Waals surface area contributed by atoms with Crippen molar-refractivity contribution in [2.24, 2.45) is 0 Å². The molecule has 0 saturated carbocycles. The normalized spacial score (nSPS) is 13.4. The summed E-state index contributed by atoms with van der Waals surface area (Å²) in [5.41, 5.74) is 5.63. The van der Waals surface area contributed by atoms with Gasteiger partial charge in [0.25, 0.3) is 0 Å². The van der Waals surface area contributed by atoms with Gasteiger partial charge < -0.3 is 9.64 Å². The molecule has 0 bridgehead atoms. The lowest BCUT2D eigenvalue weighted by Gasteiger charge is -2.26. The van der Waals surface area contributed by atoms with Crippen LogP contribution in [0.2, 0.25) is 5.02 Å². The summed E-state index contributed by atoms with van der Waals surface area (Å²) in [6.45, 7) is 7.05. The van der Waals surface area contributed by atoms with Crippen LogP contribution in [0.1, 0.15) is 11.1 Å². The van der Waals surface area contributed by atoms with Crippen molar-refractivity contribution in [3.05, 3.63) is 113 Å². The number of ether oxygens (including phenoxy) is 1. The van der Waals surface area contributed by atoms with Crippen LogP contribution in [0.3, 0.4) is 0 Å². The van der Waals surface area contributed by atoms with Crippen LogP contribution in [-0.4, -0.2) is 60.1 Å². The van der Waals surface area contributed by atoms with Gasteiger partial charge in [-0.25, -0.2) is 4.79 Å². The first-order valence-electron chi connectivity index (χ1n) is 13.3. The van der Waals surface area contributed by atoms with Gasteiger partial charge >= 0.3 is 6.03 Å². The van der Waals surface area contributed by atoms with Gasteiger partial charge in [-0.1, -0.05) is 65.7 Å². The number of urea groups is 1. The van der Waals surface area contributed by atoms with E-state index in [1.807, 2.05) is 58.3 Å². The van der Waals surface area contributed by atoms with Gasteiger partial charge in [0.15, 0.2) is 0 Å². The Bertz CT molecular complexity index is 1350. The van der Waals surface area contributed by atoms with Gasteiger partial charge in [-0.2, -0.15) is 0 Å². The predicted molar refractivity (Wildman–Crippen MR) is 157 cm³/mol. The zero-order chi connectivity index (χ0) is 27.0. The molecule has 2 amide bonds. The lowest BCUT2D eigenvalue weighted by Crippen LogP contribution is -2.39. The Morgan fingerprint density at radius 3 is 2.21 bits per heavy atom. The van der Waals surface area contributed by atoms with Crippen molar-refractivity contribution in [2.45, 2.75) is 13.5 Å². The minimum absolute atomic E-state index is 0.0495. The second kappa shape index (κ2) is 12.8. The summed E-state index contributed by atoms with van der Waals surface area (Å²) in [7, 11) is 0. The Labute approximate surface area is 235 Å². The number of pyridine rings is 1. The van der Waals surface area contributed by atoms with Crippen molar-refractivity contribution >= 4 is 23.3 Å². The van der Waals surface area contributed by atoms with Gasteiger partial charge in [0.05, 0.1) is 0 Å². The van der Waals surface area contributed by atoms with Crippen LogP contribution >= 0.6 is 11.6 Å². The number of aromatic nitrogens is 1. The quantitative estimate of drug-likeness (QED) is 0.217. The van der Waals surface area contributed by atoms with Crippen molar-refractivity contribution in [3.8, 4) is 16.9 Å². The average molecular weight is 541 g/mol. The summed E-state index contributed by atoms with van der Waals surface area (Å²) >= 11 is 6.02. The Hall–Kier alpha value is -3.87. The molecule has 0 spiro atoms. The number of nitrogens with zero attached hydrogens (tertiary/aromatic N) is 4. The second-order valence-corrected chi connectivity index (χ2v) is 10.2. The molecule has 1 aliphatic rings. The van der Waals surface area contributed by atoms with Gasteiger partial charge in [-0.15, -0.1) is 0 Å². The SMILES string of the molecule is Cc1ccc(CN(CCOc2ccc(-c3ccc(Cl)cc3)cc2)CCN2CCN(c3ccncc3)C2=O)cc1. The fraction of sp³-hybridized carbons (Fsp3) is 0.250. The van der Waals surface area contributed by atoms with Gasteiger partial charge in [0, 0.05) is 62.4 Å². The fourth-order valence-electron chi connectivity index (χ4n) is 4.72. The largest absolute Gasteiger partial charge is 0.492 e. The molecule has 39 heavy (non-hydrogen) atoms. The van der Waals surface area contributed by atoms with Crippen molar-refractivity contribution in [1.82, 2.24) is 14.8 Å². The third-order valence-electron chi connectivity index (χ3n) is 6.99. The Morgan fingerprint density at radius 1 is 0.846 bits per heavy atom. The summed E-state index contributed by atoms with van der Waals surface area (Å²) < 4.78 is 6.11. The molecule has 7 heteroatoms. The number of hydrogen-bond acceptors (Lipinski definition) is 4. The molecule has 200 valence electrons. The van der Waals surface area contributed by atoms with Crippen LogP contribution in [-0.2, 0) is 6.54 Å². The van der Waals surface area contributed by atoms with Gasteiger partial charge in [0.1, 0.15) is 12.4 Å². The Kier molecular flexibility index (Phi) is 8.76. The summed E-state index contributed by atoms with van der Waals surface area (Å²) in [5.74, 6) is 0.839. The smallest absolute Gasteiger partial charge is 0.324 e. The van der Waals surface area contributed by atoms with Crippen LogP contribution in [0, 0.1) is 6.92 Å². The lowest BCUT2D eigenvalue weighted by molar-refractivity contribution is 0.179. The molecule has 0 radical (unpaired) electrons. The molecule has 3 aromatic carbocycles. The van der Waals surface area contributed by atoms with E-state index in [1.54, 1.807) is 12.4 Å². The highest BCUT2D eigenvalue weighted by Crippen LogP contribution is 2.24. The molecule has 6 nitrogen and oxygen atoms in total. The second-order valence-electron chi connectivity index (χ2n) is 9.77. The molecule has 1 saturated heterocycles. The molecule has 0 aliphatic carbocycles. The molecule has 1 fully saturated rings. The topological polar surface area (TPSA) is 48.9 Å². The maximum Gasteiger partial charge on any atom is 0.324 e. The maximum atomic E-state index is 13.0. The first kappa shape index (κ1) is 26.7. The third-order valence-corrected chi connectivity index (χ3v) is 7.24. The van der Waals surface area contributed by atoms with E-state index < -0.39 is 0 Å². The average Bonchev–Trinajstić information content (AvgIpc) is 3.34. The minimum Gasteiger partial charge on any atom is -0.492 e. The number of carbonyl (C=O) groups excluding carboxylic acids is 1. The number of anilines is 1. The molecule has 4 aromatic rings. The van der Waals surface area contributed by atoms with Crippen molar-refractivity contribution in [1.29, 1.82) is 0 Å². The first-order valence-corrected chi connectivity index (χ1v) is 13.7. The standard InChI is InChI=1S/C32H33ClN4O2/c1-25-2-4-26(5-3-25)24-35(18-19-36-20-21-37(32(36)38)30-14-16-34-17-15-30)22-23-39-31-12-8-28(9-13-31)27-6-10-29(33)11-7-27/h2-17H,18-24H2,1H3. The molecule has 1 aromatic heterocycles. The number of halogens is 1. The van der Waals surface area contributed by atoms with Crippen LogP contribution in [0.15, 0.2) is 97.3 Å². The van der Waals surface area contributed by atoms with Crippen LogP contribution < -0.4 is 9.64 Å². The van der Waals surface area contributed by atoms with Crippen LogP contribution in [0.4, 0.5) is 10.5 Å². The van der Waals surface area contributed by atoms with Crippen molar-refractivity contribution in [2.75, 3.05) is 44.2 Å². The van der Waals surface area contributed by atoms with Crippen molar-refractivity contribution < 1.29 is 9.53 Å². The minimum atomic E-state index is 0.0495. The Balaban J connectivity index is 1.17. The van der Waals surface area contributed by atoms with Crippen molar-refractivity contribution in [3.63, 3.8) is 0 Å².